The zero-order valence-corrected chi connectivity index (χ0v) is 21.1. The van der Waals surface area contributed by atoms with Gasteiger partial charge in [-0.1, -0.05) is 26.0 Å². The average Bonchev–Trinajstić information content (AvgIpc) is 3.42. The molecule has 1 aromatic heterocycles. The van der Waals surface area contributed by atoms with Crippen molar-refractivity contribution >= 4 is 28.8 Å². The Hall–Kier alpha value is -3.87. The number of benzene rings is 2. The Balaban J connectivity index is 1.58. The van der Waals surface area contributed by atoms with Gasteiger partial charge in [0.15, 0.2) is 5.84 Å². The number of amides is 2. The molecular formula is C26H26F6N6O. The van der Waals surface area contributed by atoms with Crippen molar-refractivity contribution in [3.8, 4) is 0 Å². The first-order valence-corrected chi connectivity index (χ1v) is 12.2. The predicted octanol–water partition coefficient (Wildman–Crippen LogP) is 5.52. The van der Waals surface area contributed by atoms with E-state index in [1.165, 1.54) is 10.9 Å². The van der Waals surface area contributed by atoms with E-state index in [2.05, 4.69) is 39.5 Å². The van der Waals surface area contributed by atoms with Gasteiger partial charge < -0.3 is 10.2 Å². The zero-order valence-electron chi connectivity index (χ0n) is 21.1. The van der Waals surface area contributed by atoms with Crippen molar-refractivity contribution in [2.75, 3.05) is 26.2 Å². The Bertz CT molecular complexity index is 1420. The van der Waals surface area contributed by atoms with Crippen molar-refractivity contribution in [1.29, 1.82) is 0 Å². The number of halogens is 6. The topological polar surface area (TPSA) is 74.6 Å². The van der Waals surface area contributed by atoms with Gasteiger partial charge in [-0.15, -0.1) is 0 Å². The summed E-state index contributed by atoms with van der Waals surface area (Å²) in [6.07, 6.45) is -6.64. The summed E-state index contributed by atoms with van der Waals surface area (Å²) < 4.78 is 80.8. The fourth-order valence-corrected chi connectivity index (χ4v) is 4.22. The number of urea groups is 1. The van der Waals surface area contributed by atoms with E-state index < -0.39 is 29.5 Å². The largest absolute Gasteiger partial charge is 0.416 e. The lowest BCUT2D eigenvalue weighted by atomic mass is 10.0. The third kappa shape index (κ3) is 6.77. The second-order valence-corrected chi connectivity index (χ2v) is 8.91. The second kappa shape index (κ2) is 11.1. The third-order valence-electron chi connectivity index (χ3n) is 6.28. The van der Waals surface area contributed by atoms with Crippen LogP contribution >= 0.6 is 0 Å². The van der Waals surface area contributed by atoms with Crippen LogP contribution in [0.5, 0.6) is 0 Å². The summed E-state index contributed by atoms with van der Waals surface area (Å²) in [4.78, 5) is 18.6. The van der Waals surface area contributed by atoms with Crippen LogP contribution in [0.3, 0.4) is 0 Å². The minimum atomic E-state index is -4.97. The van der Waals surface area contributed by atoms with E-state index in [4.69, 9.17) is 0 Å². The molecule has 2 heterocycles. The number of nitrogens with one attached hydrogen (secondary N) is 2. The van der Waals surface area contributed by atoms with E-state index in [-0.39, 0.29) is 18.2 Å². The normalized spacial score (nSPS) is 16.5. The molecule has 2 amide bonds. The molecule has 2 aromatic carbocycles. The smallest absolute Gasteiger partial charge is 0.304 e. The number of alkyl halides is 6. The quantitative estimate of drug-likeness (QED) is 0.362. The molecule has 0 aliphatic carbocycles. The zero-order chi connectivity index (χ0) is 28.4. The molecule has 3 aromatic rings. The maximum Gasteiger partial charge on any atom is 0.416 e. The highest BCUT2D eigenvalue weighted by Crippen LogP contribution is 2.37. The SMILES string of the molecule is CCN(CC)CCN=C1NC(=O)N/C1=C\c1ccc2nn(Cc3ccc(C(F)(F)F)cc3C(F)(F)F)cc2c1. The number of nitrogens with zero attached hydrogens (tertiary/aromatic N) is 4. The number of carbonyl (C=O) groups excluding carboxylic acids is 1. The summed E-state index contributed by atoms with van der Waals surface area (Å²) in [7, 11) is 0. The fourth-order valence-electron chi connectivity index (χ4n) is 4.22. The van der Waals surface area contributed by atoms with Crippen molar-refractivity contribution < 1.29 is 31.1 Å². The lowest BCUT2D eigenvalue weighted by Gasteiger charge is -2.16. The average molecular weight is 553 g/mol. The van der Waals surface area contributed by atoms with Crippen LogP contribution in [0.4, 0.5) is 31.1 Å². The van der Waals surface area contributed by atoms with Gasteiger partial charge in [0.1, 0.15) is 0 Å². The molecule has 0 spiro atoms. The van der Waals surface area contributed by atoms with Gasteiger partial charge in [0.25, 0.3) is 0 Å². The van der Waals surface area contributed by atoms with E-state index >= 15 is 0 Å². The molecule has 1 fully saturated rings. The summed E-state index contributed by atoms with van der Waals surface area (Å²) in [6.45, 7) is 6.74. The summed E-state index contributed by atoms with van der Waals surface area (Å²) in [6, 6.07) is 6.29. The van der Waals surface area contributed by atoms with Crippen LogP contribution in [-0.4, -0.2) is 52.7 Å². The van der Waals surface area contributed by atoms with E-state index in [1.54, 1.807) is 24.3 Å². The van der Waals surface area contributed by atoms with Crippen molar-refractivity contribution in [3.05, 3.63) is 70.5 Å². The summed E-state index contributed by atoms with van der Waals surface area (Å²) in [5.41, 5.74) is -1.42. The molecule has 0 radical (unpaired) electrons. The number of rotatable bonds is 8. The maximum absolute atomic E-state index is 13.5. The first kappa shape index (κ1) is 28.1. The van der Waals surface area contributed by atoms with Crippen LogP contribution in [0.15, 0.2) is 53.3 Å². The van der Waals surface area contributed by atoms with Crippen molar-refractivity contribution in [2.24, 2.45) is 4.99 Å². The lowest BCUT2D eigenvalue weighted by Crippen LogP contribution is -2.27. The molecule has 0 saturated carbocycles. The Labute approximate surface area is 220 Å². The highest BCUT2D eigenvalue weighted by molar-refractivity contribution is 6.16. The molecule has 0 unspecified atom stereocenters. The van der Waals surface area contributed by atoms with Crippen LogP contribution in [0.2, 0.25) is 0 Å². The van der Waals surface area contributed by atoms with Crippen LogP contribution in [0.25, 0.3) is 17.0 Å². The number of hydrogen-bond acceptors (Lipinski definition) is 4. The van der Waals surface area contributed by atoms with Gasteiger partial charge in [-0.2, -0.15) is 31.4 Å². The Morgan fingerprint density at radius 1 is 1.00 bits per heavy atom. The van der Waals surface area contributed by atoms with E-state index in [0.29, 0.717) is 40.6 Å². The number of carbonyl (C=O) groups is 1. The van der Waals surface area contributed by atoms with E-state index in [9.17, 15) is 31.1 Å². The monoisotopic (exact) mass is 552 g/mol. The lowest BCUT2D eigenvalue weighted by molar-refractivity contribution is -0.143. The maximum atomic E-state index is 13.5. The minimum absolute atomic E-state index is 0.119. The first-order chi connectivity index (χ1) is 18.4. The number of fused-ring (bicyclic) bond motifs is 1. The van der Waals surface area contributed by atoms with E-state index in [0.717, 1.165) is 25.7 Å². The Kier molecular flexibility index (Phi) is 8.00. The van der Waals surface area contributed by atoms with Gasteiger partial charge in [-0.05, 0) is 54.6 Å². The molecule has 4 rings (SSSR count). The molecule has 13 heteroatoms. The molecule has 1 aliphatic rings. The summed E-state index contributed by atoms with van der Waals surface area (Å²) in [5.74, 6) is 0.407. The molecule has 7 nitrogen and oxygen atoms in total. The van der Waals surface area contributed by atoms with Crippen LogP contribution in [0.1, 0.15) is 36.1 Å². The molecule has 208 valence electrons. The fraction of sp³-hybridized carbons (Fsp3) is 0.346. The van der Waals surface area contributed by atoms with Crippen LogP contribution in [-0.2, 0) is 18.9 Å². The van der Waals surface area contributed by atoms with Crippen molar-refractivity contribution in [3.63, 3.8) is 0 Å². The van der Waals surface area contributed by atoms with Crippen LogP contribution < -0.4 is 10.6 Å². The van der Waals surface area contributed by atoms with Gasteiger partial charge in [-0.25, -0.2) is 4.79 Å². The van der Waals surface area contributed by atoms with Gasteiger partial charge in [0.2, 0.25) is 0 Å². The summed E-state index contributed by atoms with van der Waals surface area (Å²) >= 11 is 0. The first-order valence-electron chi connectivity index (χ1n) is 12.2. The molecule has 1 aliphatic heterocycles. The molecule has 39 heavy (non-hydrogen) atoms. The molecule has 1 saturated heterocycles. The molecular weight excluding hydrogens is 526 g/mol. The van der Waals surface area contributed by atoms with Crippen molar-refractivity contribution in [1.82, 2.24) is 25.3 Å². The molecule has 0 bridgehead atoms. The van der Waals surface area contributed by atoms with E-state index in [1.807, 2.05) is 0 Å². The van der Waals surface area contributed by atoms with Gasteiger partial charge in [0, 0.05) is 18.1 Å². The Morgan fingerprint density at radius 3 is 2.41 bits per heavy atom. The Morgan fingerprint density at radius 2 is 1.74 bits per heavy atom. The predicted molar refractivity (Wildman–Crippen MR) is 135 cm³/mol. The van der Waals surface area contributed by atoms with Gasteiger partial charge >= 0.3 is 18.4 Å². The number of aromatic nitrogens is 2. The van der Waals surface area contributed by atoms with Gasteiger partial charge in [0.05, 0.1) is 35.4 Å². The number of hydrogen-bond donors (Lipinski definition) is 2. The van der Waals surface area contributed by atoms with Gasteiger partial charge in [-0.3, -0.25) is 15.0 Å². The third-order valence-corrected chi connectivity index (χ3v) is 6.28. The van der Waals surface area contributed by atoms with Crippen molar-refractivity contribution in [2.45, 2.75) is 32.7 Å². The highest BCUT2D eigenvalue weighted by Gasteiger charge is 2.38. The highest BCUT2D eigenvalue weighted by atomic mass is 19.4. The standard InChI is InChI=1S/C26H26F6N6O/c1-3-37(4-2)10-9-33-23-22(34-24(39)35-23)12-16-5-8-21-18(11-16)15-38(36-21)14-17-6-7-19(25(27,28)29)13-20(17)26(30,31)32/h5-8,11-13,15H,3-4,9-10,14H2,1-2H3,(H2,33,34,35,39)/b22-12-. The minimum Gasteiger partial charge on any atom is -0.304 e. The second-order valence-electron chi connectivity index (χ2n) is 8.91. The number of aliphatic imine (C=N–C) groups is 1. The summed E-state index contributed by atoms with van der Waals surface area (Å²) in [5, 5.41) is 10.2. The number of likely N-dealkylation sites (N-methyl/N-ethyl adjacent to an activating group) is 1. The molecule has 2 N–H and O–H groups in total. The van der Waals surface area contributed by atoms with Crippen LogP contribution in [0, 0.1) is 0 Å². The molecule has 0 atom stereocenters. The number of amidine groups is 1.